The Kier molecular flexibility index (Phi) is 6.72. The molecule has 0 unspecified atom stereocenters. The van der Waals surface area contributed by atoms with E-state index in [9.17, 15) is 4.79 Å². The number of carbonyl (C=O) groups is 1. The molecule has 0 aliphatic carbocycles. The molecule has 0 atom stereocenters. The number of furan rings is 1. The number of carbonyl (C=O) groups excluding carboxylic acids is 1. The molecular weight excluding hydrogens is 477 g/mol. The predicted molar refractivity (Wildman–Crippen MR) is 131 cm³/mol. The van der Waals surface area contributed by atoms with Crippen molar-refractivity contribution in [1.29, 1.82) is 0 Å². The van der Waals surface area contributed by atoms with Gasteiger partial charge in [-0.3, -0.25) is 10.1 Å². The lowest BCUT2D eigenvalue weighted by Crippen LogP contribution is -2.34. The first-order chi connectivity index (χ1) is 14.9. The van der Waals surface area contributed by atoms with Crippen LogP contribution in [0, 0.1) is 0 Å². The highest BCUT2D eigenvalue weighted by atomic mass is 35.5. The minimum Gasteiger partial charge on any atom is -0.451 e. The average Bonchev–Trinajstić information content (AvgIpc) is 3.40. The lowest BCUT2D eigenvalue weighted by Gasteiger charge is -2.23. The van der Waals surface area contributed by atoms with Crippen molar-refractivity contribution >= 4 is 69.4 Å². The maximum Gasteiger partial charge on any atom is 0.293 e. The average molecular weight is 495 g/mol. The number of amides is 1. The zero-order valence-electron chi connectivity index (χ0n) is 16.3. The van der Waals surface area contributed by atoms with E-state index in [0.29, 0.717) is 26.4 Å². The molecule has 0 spiro atoms. The Hall–Kier alpha value is -2.25. The fourth-order valence-corrected chi connectivity index (χ4v) is 4.49. The van der Waals surface area contributed by atoms with Gasteiger partial charge in [0.05, 0.1) is 21.4 Å². The van der Waals surface area contributed by atoms with Crippen LogP contribution in [0.3, 0.4) is 0 Å². The quantitative estimate of drug-likeness (QED) is 0.398. The normalized spacial score (nSPS) is 13.3. The second-order valence-corrected chi connectivity index (χ2v) is 8.69. The predicted octanol–water partition coefficient (Wildman–Crippen LogP) is 6.63. The first-order valence-electron chi connectivity index (χ1n) is 9.63. The summed E-state index contributed by atoms with van der Waals surface area (Å²) in [6, 6.07) is 13.8. The van der Waals surface area contributed by atoms with Gasteiger partial charge in [0.1, 0.15) is 5.76 Å². The molecule has 2 N–H and O–H groups in total. The van der Waals surface area contributed by atoms with Crippen LogP contribution in [0.15, 0.2) is 52.9 Å². The number of halogens is 3. The lowest BCUT2D eigenvalue weighted by molar-refractivity contribution is 0.0951. The summed E-state index contributed by atoms with van der Waals surface area (Å²) in [6.07, 6.45) is 2.23. The Morgan fingerprint density at radius 2 is 1.77 bits per heavy atom. The van der Waals surface area contributed by atoms with E-state index in [1.165, 1.54) is 0 Å². The Morgan fingerprint density at radius 3 is 2.52 bits per heavy atom. The molecule has 3 aromatic rings. The summed E-state index contributed by atoms with van der Waals surface area (Å²) in [4.78, 5) is 14.8. The molecule has 1 aliphatic heterocycles. The molecule has 0 bridgehead atoms. The third-order valence-electron chi connectivity index (χ3n) is 4.91. The van der Waals surface area contributed by atoms with Crippen molar-refractivity contribution in [3.8, 4) is 11.3 Å². The molecule has 2 heterocycles. The summed E-state index contributed by atoms with van der Waals surface area (Å²) in [6.45, 7) is 1.86. The topological polar surface area (TPSA) is 57.5 Å². The Morgan fingerprint density at radius 1 is 1.00 bits per heavy atom. The monoisotopic (exact) mass is 493 g/mol. The van der Waals surface area contributed by atoms with Crippen LogP contribution in [0.25, 0.3) is 11.3 Å². The van der Waals surface area contributed by atoms with Gasteiger partial charge in [-0.25, -0.2) is 0 Å². The summed E-state index contributed by atoms with van der Waals surface area (Å²) in [5.41, 5.74) is 2.27. The molecule has 1 aromatic heterocycles. The van der Waals surface area contributed by atoms with E-state index in [-0.39, 0.29) is 10.9 Å². The molecule has 160 valence electrons. The molecule has 2 aromatic carbocycles. The second-order valence-electron chi connectivity index (χ2n) is 7.03. The van der Waals surface area contributed by atoms with Crippen LogP contribution in [-0.2, 0) is 0 Å². The Bertz CT molecular complexity index is 1140. The van der Waals surface area contributed by atoms with Crippen LogP contribution in [-0.4, -0.2) is 24.1 Å². The van der Waals surface area contributed by atoms with E-state index in [1.54, 1.807) is 30.3 Å². The highest BCUT2D eigenvalue weighted by Crippen LogP contribution is 2.36. The number of rotatable bonds is 4. The highest BCUT2D eigenvalue weighted by Gasteiger charge is 2.20. The fraction of sp³-hybridized carbons (Fsp3) is 0.182. The molecule has 1 fully saturated rings. The molecule has 0 radical (unpaired) electrons. The van der Waals surface area contributed by atoms with Gasteiger partial charge in [-0.15, -0.1) is 0 Å². The largest absolute Gasteiger partial charge is 0.451 e. The van der Waals surface area contributed by atoms with E-state index in [4.69, 9.17) is 51.4 Å². The maximum absolute atomic E-state index is 12.6. The van der Waals surface area contributed by atoms with Gasteiger partial charge in [-0.05, 0) is 67.5 Å². The van der Waals surface area contributed by atoms with Gasteiger partial charge in [0, 0.05) is 23.7 Å². The minimum atomic E-state index is -0.474. The number of hydrogen-bond acceptors (Lipinski definition) is 4. The summed E-state index contributed by atoms with van der Waals surface area (Å²) in [7, 11) is 0. The molecule has 1 aliphatic rings. The van der Waals surface area contributed by atoms with Crippen molar-refractivity contribution in [3.63, 3.8) is 0 Å². The van der Waals surface area contributed by atoms with Gasteiger partial charge in [0.2, 0.25) is 0 Å². The Labute approximate surface area is 200 Å². The first-order valence-corrected chi connectivity index (χ1v) is 11.2. The third kappa shape index (κ3) is 4.99. The zero-order valence-corrected chi connectivity index (χ0v) is 19.3. The standard InChI is InChI=1S/C22H18Cl3N3O2S/c23-13-6-7-14(16(25)12-13)18-8-9-19(30-18)21(29)27-22(31)26-17-5-3-4-15(24)20(17)28-10-1-2-11-28/h3-9,12H,1-2,10-11H2,(H2,26,27,29,31). The number of benzene rings is 2. The molecule has 9 heteroatoms. The molecule has 1 amide bonds. The van der Waals surface area contributed by atoms with E-state index in [0.717, 1.165) is 37.3 Å². The Balaban J connectivity index is 1.46. The van der Waals surface area contributed by atoms with Gasteiger partial charge < -0.3 is 14.6 Å². The van der Waals surface area contributed by atoms with E-state index in [2.05, 4.69) is 15.5 Å². The number of thiocarbonyl (C=S) groups is 1. The van der Waals surface area contributed by atoms with E-state index < -0.39 is 5.91 Å². The fourth-order valence-electron chi connectivity index (χ4n) is 3.49. The van der Waals surface area contributed by atoms with Crippen molar-refractivity contribution in [2.24, 2.45) is 0 Å². The van der Waals surface area contributed by atoms with Crippen LogP contribution in [0.4, 0.5) is 11.4 Å². The minimum absolute atomic E-state index is 0.107. The molecule has 1 saturated heterocycles. The van der Waals surface area contributed by atoms with E-state index in [1.807, 2.05) is 18.2 Å². The van der Waals surface area contributed by atoms with Crippen LogP contribution in [0.1, 0.15) is 23.4 Å². The van der Waals surface area contributed by atoms with Gasteiger partial charge in [0.25, 0.3) is 5.91 Å². The van der Waals surface area contributed by atoms with Crippen LogP contribution in [0.2, 0.25) is 15.1 Å². The molecule has 31 heavy (non-hydrogen) atoms. The number of nitrogens with zero attached hydrogens (tertiary/aromatic N) is 1. The summed E-state index contributed by atoms with van der Waals surface area (Å²) >= 11 is 23.9. The number of para-hydroxylation sites is 1. The van der Waals surface area contributed by atoms with Crippen LogP contribution >= 0.6 is 47.0 Å². The van der Waals surface area contributed by atoms with E-state index >= 15 is 0 Å². The number of nitrogens with one attached hydrogen (secondary N) is 2. The maximum atomic E-state index is 12.6. The summed E-state index contributed by atoms with van der Waals surface area (Å²) in [5, 5.41) is 7.45. The lowest BCUT2D eigenvalue weighted by atomic mass is 10.2. The zero-order chi connectivity index (χ0) is 22.0. The molecule has 0 saturated carbocycles. The van der Waals surface area contributed by atoms with Gasteiger partial charge >= 0.3 is 0 Å². The molecule has 4 rings (SSSR count). The van der Waals surface area contributed by atoms with Crippen LogP contribution in [0.5, 0.6) is 0 Å². The first kappa shape index (κ1) is 22.0. The van der Waals surface area contributed by atoms with Crippen molar-refractivity contribution in [2.75, 3.05) is 23.3 Å². The van der Waals surface area contributed by atoms with Crippen molar-refractivity contribution in [1.82, 2.24) is 5.32 Å². The number of anilines is 2. The molecule has 5 nitrogen and oxygen atoms in total. The van der Waals surface area contributed by atoms with Gasteiger partial charge in [-0.1, -0.05) is 40.9 Å². The highest BCUT2D eigenvalue weighted by molar-refractivity contribution is 7.80. The number of hydrogen-bond donors (Lipinski definition) is 2. The molecular formula is C22H18Cl3N3O2S. The SMILES string of the molecule is O=C(NC(=S)Nc1cccc(Cl)c1N1CCCC1)c1ccc(-c2ccc(Cl)cc2Cl)o1. The van der Waals surface area contributed by atoms with Gasteiger partial charge in [-0.2, -0.15) is 0 Å². The summed E-state index contributed by atoms with van der Waals surface area (Å²) in [5.74, 6) is 0.0893. The van der Waals surface area contributed by atoms with Gasteiger partial charge in [0.15, 0.2) is 10.9 Å². The second kappa shape index (κ2) is 9.49. The smallest absolute Gasteiger partial charge is 0.293 e. The van der Waals surface area contributed by atoms with Crippen molar-refractivity contribution in [3.05, 3.63) is 69.4 Å². The van der Waals surface area contributed by atoms with Crippen molar-refractivity contribution in [2.45, 2.75) is 12.8 Å². The summed E-state index contributed by atoms with van der Waals surface area (Å²) < 4.78 is 5.67. The van der Waals surface area contributed by atoms with Crippen LogP contribution < -0.4 is 15.5 Å². The van der Waals surface area contributed by atoms with Crippen molar-refractivity contribution < 1.29 is 9.21 Å². The third-order valence-corrected chi connectivity index (χ3v) is 5.97.